The molecule has 0 saturated carbocycles. The van der Waals surface area contributed by atoms with Crippen LogP contribution in [0.15, 0.2) is 41.3 Å². The predicted molar refractivity (Wildman–Crippen MR) is 92.8 cm³/mol. The molecular formula is C16H15ClF2N2O4S. The lowest BCUT2D eigenvalue weighted by Crippen LogP contribution is -2.41. The first kappa shape index (κ1) is 20.1. The zero-order chi connectivity index (χ0) is 19.5. The van der Waals surface area contributed by atoms with Crippen LogP contribution < -0.4 is 14.8 Å². The zero-order valence-corrected chi connectivity index (χ0v) is 15.3. The van der Waals surface area contributed by atoms with Gasteiger partial charge < -0.3 is 10.1 Å². The first-order valence-electron chi connectivity index (χ1n) is 7.26. The molecule has 0 heterocycles. The Hall–Kier alpha value is -2.23. The standard InChI is InChI=1S/C16H15ClF2N2O4S/c1-9(16(22)20-10-3-5-13(18)14(19)7-10)21-26(23,24)11-4-6-15(25-2)12(17)8-11/h3-9,21H,1-2H3,(H,20,22). The molecule has 1 atom stereocenters. The van der Waals surface area contributed by atoms with Crippen molar-refractivity contribution < 1.29 is 26.7 Å². The van der Waals surface area contributed by atoms with E-state index in [0.29, 0.717) is 5.75 Å². The normalized spacial score (nSPS) is 12.5. The molecule has 1 unspecified atom stereocenters. The highest BCUT2D eigenvalue weighted by molar-refractivity contribution is 7.89. The third-order valence-corrected chi connectivity index (χ3v) is 5.18. The van der Waals surface area contributed by atoms with Gasteiger partial charge >= 0.3 is 0 Å². The number of halogens is 3. The minimum atomic E-state index is -4.04. The molecule has 2 rings (SSSR count). The van der Waals surface area contributed by atoms with Crippen LogP contribution >= 0.6 is 11.6 Å². The highest BCUT2D eigenvalue weighted by Crippen LogP contribution is 2.27. The molecule has 0 aromatic heterocycles. The van der Waals surface area contributed by atoms with Crippen molar-refractivity contribution in [3.05, 3.63) is 53.1 Å². The Balaban J connectivity index is 2.11. The third kappa shape index (κ3) is 4.69. The highest BCUT2D eigenvalue weighted by atomic mass is 35.5. The molecule has 0 fully saturated rings. The van der Waals surface area contributed by atoms with Gasteiger partial charge in [0.2, 0.25) is 15.9 Å². The molecule has 0 spiro atoms. The maximum Gasteiger partial charge on any atom is 0.242 e. The molecule has 0 radical (unpaired) electrons. The molecular weight excluding hydrogens is 390 g/mol. The van der Waals surface area contributed by atoms with Crippen LogP contribution in [0.5, 0.6) is 5.75 Å². The van der Waals surface area contributed by atoms with E-state index in [1.807, 2.05) is 0 Å². The summed E-state index contributed by atoms with van der Waals surface area (Å²) in [4.78, 5) is 11.9. The van der Waals surface area contributed by atoms with Gasteiger partial charge in [-0.2, -0.15) is 4.72 Å². The van der Waals surface area contributed by atoms with E-state index < -0.39 is 33.6 Å². The van der Waals surface area contributed by atoms with Crippen LogP contribution in [0.2, 0.25) is 5.02 Å². The molecule has 0 aliphatic heterocycles. The molecule has 10 heteroatoms. The number of methoxy groups -OCH3 is 1. The van der Waals surface area contributed by atoms with Gasteiger partial charge in [0, 0.05) is 11.8 Å². The zero-order valence-electron chi connectivity index (χ0n) is 13.7. The summed E-state index contributed by atoms with van der Waals surface area (Å²) in [7, 11) is -2.66. The second-order valence-electron chi connectivity index (χ2n) is 5.26. The van der Waals surface area contributed by atoms with Crippen LogP contribution in [0.4, 0.5) is 14.5 Å². The maximum atomic E-state index is 13.2. The average Bonchev–Trinajstić information content (AvgIpc) is 2.57. The molecule has 0 bridgehead atoms. The Bertz CT molecular complexity index is 938. The van der Waals surface area contributed by atoms with E-state index in [-0.39, 0.29) is 15.6 Å². The van der Waals surface area contributed by atoms with E-state index in [2.05, 4.69) is 10.0 Å². The molecule has 0 aliphatic carbocycles. The fourth-order valence-electron chi connectivity index (χ4n) is 1.99. The number of anilines is 1. The monoisotopic (exact) mass is 404 g/mol. The van der Waals surface area contributed by atoms with Gasteiger partial charge in [-0.3, -0.25) is 4.79 Å². The smallest absolute Gasteiger partial charge is 0.242 e. The molecule has 1 amide bonds. The number of rotatable bonds is 6. The SMILES string of the molecule is COc1ccc(S(=O)(=O)NC(C)C(=O)Nc2ccc(F)c(F)c2)cc1Cl. The molecule has 0 aliphatic rings. The summed E-state index contributed by atoms with van der Waals surface area (Å²) < 4.78 is 57.9. The lowest BCUT2D eigenvalue weighted by atomic mass is 10.2. The van der Waals surface area contributed by atoms with E-state index in [1.54, 1.807) is 0 Å². The highest BCUT2D eigenvalue weighted by Gasteiger charge is 2.23. The topological polar surface area (TPSA) is 84.5 Å². The molecule has 2 aromatic carbocycles. The minimum Gasteiger partial charge on any atom is -0.495 e. The molecule has 6 nitrogen and oxygen atoms in total. The van der Waals surface area contributed by atoms with Crippen LogP contribution in [0.3, 0.4) is 0 Å². The van der Waals surface area contributed by atoms with E-state index in [9.17, 15) is 22.0 Å². The van der Waals surface area contributed by atoms with Gasteiger partial charge in [-0.25, -0.2) is 17.2 Å². The van der Waals surface area contributed by atoms with Crippen LogP contribution in [0.1, 0.15) is 6.92 Å². The summed E-state index contributed by atoms with van der Waals surface area (Å²) in [5.41, 5.74) is -0.00700. The molecule has 2 N–H and O–H groups in total. The van der Waals surface area contributed by atoms with E-state index in [0.717, 1.165) is 18.2 Å². The quantitative estimate of drug-likeness (QED) is 0.775. The fraction of sp³-hybridized carbons (Fsp3) is 0.188. The largest absolute Gasteiger partial charge is 0.495 e. The van der Waals surface area contributed by atoms with Crippen molar-refractivity contribution in [1.82, 2.24) is 4.72 Å². The van der Waals surface area contributed by atoms with Gasteiger partial charge in [0.05, 0.1) is 23.1 Å². The maximum absolute atomic E-state index is 13.2. The number of hydrogen-bond donors (Lipinski definition) is 2. The van der Waals surface area contributed by atoms with Crippen molar-refractivity contribution in [2.24, 2.45) is 0 Å². The van der Waals surface area contributed by atoms with Gasteiger partial charge in [0.15, 0.2) is 11.6 Å². The van der Waals surface area contributed by atoms with Gasteiger partial charge in [0.1, 0.15) is 5.75 Å². The molecule has 140 valence electrons. The minimum absolute atomic E-state index is 0.00700. The van der Waals surface area contributed by atoms with Crippen molar-refractivity contribution in [1.29, 1.82) is 0 Å². The van der Waals surface area contributed by atoms with E-state index in [1.165, 1.54) is 32.2 Å². The number of sulfonamides is 1. The number of benzene rings is 2. The van der Waals surface area contributed by atoms with Crippen molar-refractivity contribution >= 4 is 33.2 Å². The summed E-state index contributed by atoms with van der Waals surface area (Å²) in [6.45, 7) is 1.30. The predicted octanol–water partition coefficient (Wildman–Crippen LogP) is 2.93. The lowest BCUT2D eigenvalue weighted by Gasteiger charge is -2.15. The van der Waals surface area contributed by atoms with Crippen LogP contribution in [-0.4, -0.2) is 27.5 Å². The second-order valence-corrected chi connectivity index (χ2v) is 7.38. The molecule has 26 heavy (non-hydrogen) atoms. The van der Waals surface area contributed by atoms with Crippen molar-refractivity contribution in [3.63, 3.8) is 0 Å². The number of amides is 1. The van der Waals surface area contributed by atoms with Crippen molar-refractivity contribution in [3.8, 4) is 5.75 Å². The summed E-state index contributed by atoms with van der Waals surface area (Å²) in [5, 5.41) is 2.39. The first-order valence-corrected chi connectivity index (χ1v) is 9.12. The number of hydrogen-bond acceptors (Lipinski definition) is 4. The Morgan fingerprint density at radius 2 is 1.85 bits per heavy atom. The lowest BCUT2D eigenvalue weighted by molar-refractivity contribution is -0.117. The van der Waals surface area contributed by atoms with Crippen LogP contribution in [0, 0.1) is 11.6 Å². The van der Waals surface area contributed by atoms with Gasteiger partial charge in [-0.15, -0.1) is 0 Å². The van der Waals surface area contributed by atoms with Crippen LogP contribution in [-0.2, 0) is 14.8 Å². The van der Waals surface area contributed by atoms with E-state index in [4.69, 9.17) is 16.3 Å². The van der Waals surface area contributed by atoms with Gasteiger partial charge in [0.25, 0.3) is 0 Å². The Labute approximate surface area is 154 Å². The van der Waals surface area contributed by atoms with Gasteiger partial charge in [-0.1, -0.05) is 11.6 Å². The third-order valence-electron chi connectivity index (χ3n) is 3.35. The number of nitrogens with one attached hydrogen (secondary N) is 2. The van der Waals surface area contributed by atoms with Crippen molar-refractivity contribution in [2.75, 3.05) is 12.4 Å². The summed E-state index contributed by atoms with van der Waals surface area (Å²) in [5.74, 6) is -2.65. The number of carbonyl (C=O) groups excluding carboxylic acids is 1. The number of ether oxygens (including phenoxy) is 1. The summed E-state index contributed by atoms with van der Waals surface area (Å²) >= 11 is 5.91. The first-order chi connectivity index (χ1) is 12.1. The molecule has 0 saturated heterocycles. The second kappa shape index (κ2) is 7.98. The average molecular weight is 405 g/mol. The summed E-state index contributed by atoms with van der Waals surface area (Å²) in [6, 6.07) is 5.44. The van der Waals surface area contributed by atoms with Gasteiger partial charge in [-0.05, 0) is 37.3 Å². The van der Waals surface area contributed by atoms with Crippen LogP contribution in [0.25, 0.3) is 0 Å². The Morgan fingerprint density at radius 1 is 1.15 bits per heavy atom. The number of carbonyl (C=O) groups is 1. The Kier molecular flexibility index (Phi) is 6.17. The Morgan fingerprint density at radius 3 is 2.42 bits per heavy atom. The molecule has 2 aromatic rings. The summed E-state index contributed by atoms with van der Waals surface area (Å²) in [6.07, 6.45) is 0. The van der Waals surface area contributed by atoms with E-state index >= 15 is 0 Å². The van der Waals surface area contributed by atoms with Crippen molar-refractivity contribution in [2.45, 2.75) is 17.9 Å². The fourth-order valence-corrected chi connectivity index (χ4v) is 3.54.